The average Bonchev–Trinajstić information content (AvgIpc) is 3.04. The number of benzene rings is 1. The molecule has 5 N–H and O–H groups in total. The highest BCUT2D eigenvalue weighted by Crippen LogP contribution is 2.14. The number of nitrogens with one attached hydrogen (secondary N) is 5. The van der Waals surface area contributed by atoms with Crippen molar-refractivity contribution < 1.29 is 47.7 Å². The first-order valence-corrected chi connectivity index (χ1v) is 17.4. The number of unbranched alkanes of at least 4 members (excludes halogenated alkanes) is 1. The van der Waals surface area contributed by atoms with Crippen molar-refractivity contribution in [3.05, 3.63) is 66.9 Å². The number of allylic oxidation sites excluding steroid dienone is 1. The summed E-state index contributed by atoms with van der Waals surface area (Å²) in [5.41, 5.74) is -1.08. The summed E-state index contributed by atoms with van der Waals surface area (Å²) in [6.45, 7) is 19.0. The van der Waals surface area contributed by atoms with E-state index in [1.165, 1.54) is 26.2 Å². The van der Waals surface area contributed by atoms with Crippen molar-refractivity contribution in [1.29, 1.82) is 0 Å². The highest BCUT2D eigenvalue weighted by atomic mass is 16.6. The zero-order valence-electron chi connectivity index (χ0n) is 32.6. The molecule has 0 bridgehead atoms. The zero-order valence-corrected chi connectivity index (χ0v) is 32.6. The molecule has 0 saturated carbocycles. The number of aliphatic imine (C=N–C) groups is 1. The van der Waals surface area contributed by atoms with E-state index in [9.17, 15) is 28.8 Å². The monoisotopic (exact) mass is 756 g/mol. The van der Waals surface area contributed by atoms with Gasteiger partial charge in [-0.3, -0.25) is 34.8 Å². The van der Waals surface area contributed by atoms with E-state index < -0.39 is 59.2 Å². The van der Waals surface area contributed by atoms with Gasteiger partial charge >= 0.3 is 18.2 Å². The van der Waals surface area contributed by atoms with Crippen LogP contribution in [0.1, 0.15) is 79.7 Å². The number of amides is 5. The summed E-state index contributed by atoms with van der Waals surface area (Å²) < 4.78 is 20.8. The Hall–Kier alpha value is -5.67. The lowest BCUT2D eigenvalue weighted by atomic mass is 10.0. The van der Waals surface area contributed by atoms with Crippen LogP contribution in [0.2, 0.25) is 0 Å². The first-order chi connectivity index (χ1) is 25.2. The predicted octanol–water partition coefficient (Wildman–Crippen LogP) is 4.11. The second-order valence-electron chi connectivity index (χ2n) is 13.9. The molecule has 0 aliphatic heterocycles. The molecule has 5 amide bonds. The smallest absolute Gasteiger partial charge is 0.414 e. The van der Waals surface area contributed by atoms with E-state index in [0.717, 1.165) is 0 Å². The molecule has 0 heterocycles. The van der Waals surface area contributed by atoms with Crippen LogP contribution in [0.5, 0.6) is 5.75 Å². The molecule has 2 atom stereocenters. The molecule has 0 radical (unpaired) electrons. The van der Waals surface area contributed by atoms with Crippen LogP contribution in [-0.2, 0) is 39.8 Å². The molecule has 0 spiro atoms. The lowest BCUT2D eigenvalue weighted by Crippen LogP contribution is -2.49. The number of alkyl carbamates (subject to hydrolysis) is 2. The second kappa shape index (κ2) is 23.1. The number of guanidine groups is 1. The molecule has 298 valence electrons. The van der Waals surface area contributed by atoms with Crippen LogP contribution >= 0.6 is 0 Å². The zero-order chi connectivity index (χ0) is 40.9. The van der Waals surface area contributed by atoms with Crippen LogP contribution in [0.4, 0.5) is 9.59 Å². The Labute approximate surface area is 317 Å². The molecule has 0 saturated heterocycles. The van der Waals surface area contributed by atoms with E-state index in [0.29, 0.717) is 17.9 Å². The molecule has 0 aliphatic carbocycles. The van der Waals surface area contributed by atoms with Gasteiger partial charge in [-0.25, -0.2) is 9.59 Å². The number of carbonyl (C=O) groups excluding carboxylic acids is 6. The highest BCUT2D eigenvalue weighted by molar-refractivity contribution is 6.01. The van der Waals surface area contributed by atoms with E-state index in [1.807, 2.05) is 0 Å². The number of carbonyl (C=O) groups is 6. The molecule has 0 unspecified atom stereocenters. The number of esters is 1. The number of hydrogen-bond donors (Lipinski definition) is 5. The van der Waals surface area contributed by atoms with Crippen LogP contribution in [-0.4, -0.2) is 85.4 Å². The highest BCUT2D eigenvalue weighted by Gasteiger charge is 2.25. The Kier molecular flexibility index (Phi) is 19.8. The van der Waals surface area contributed by atoms with Crippen LogP contribution in [0.25, 0.3) is 0 Å². The molecule has 1 aromatic carbocycles. The van der Waals surface area contributed by atoms with Gasteiger partial charge in [0.15, 0.2) is 0 Å². The molecule has 0 fully saturated rings. The maximum atomic E-state index is 13.6. The fourth-order valence-corrected chi connectivity index (χ4v) is 4.37. The summed E-state index contributed by atoms with van der Waals surface area (Å²) >= 11 is 0. The summed E-state index contributed by atoms with van der Waals surface area (Å²) in [7, 11) is 1.23. The van der Waals surface area contributed by atoms with Gasteiger partial charge in [0.25, 0.3) is 5.91 Å². The Morgan fingerprint density at radius 1 is 0.852 bits per heavy atom. The van der Waals surface area contributed by atoms with Crippen LogP contribution in [0.15, 0.2) is 66.3 Å². The minimum atomic E-state index is -1.07. The third-order valence-corrected chi connectivity index (χ3v) is 6.57. The van der Waals surface area contributed by atoms with Crippen molar-refractivity contribution in [2.24, 2.45) is 4.99 Å². The van der Waals surface area contributed by atoms with Crippen molar-refractivity contribution in [1.82, 2.24) is 26.6 Å². The van der Waals surface area contributed by atoms with Crippen molar-refractivity contribution in [2.45, 2.75) is 104 Å². The molecule has 1 aromatic rings. The standard InChI is InChI=1S/C38H56N6O10/c1-11-15-27(24-31(46)51-10)41-32(47)29(42-33(48)30(40-25(3)45)23-26-17-19-28(20-18-26)52-22-12-2)16-13-14-21-39-34(43-35(49)53-37(4,5)6)44-36(50)54-38(7,8)9/h11-12,16-20,27,30H,1-2,13-15,21-24H2,3-10H3,(H,40,45)(H,41,47)(H,42,48)(H2,39,43,44,49,50)/b29-16+/t27-,30-/m0/s1. The lowest BCUT2D eigenvalue weighted by Gasteiger charge is -2.22. The fraction of sp³-hybridized carbons (Fsp3) is 0.500. The topological polar surface area (TPSA) is 212 Å². The Bertz CT molecular complexity index is 1490. The van der Waals surface area contributed by atoms with E-state index in [4.69, 9.17) is 18.9 Å². The third-order valence-electron chi connectivity index (χ3n) is 6.57. The SMILES string of the molecule is C=CCOc1ccc(C[C@H](NC(C)=O)C(=O)N/C(=C/CCCN=C(NC(=O)OC(C)(C)C)NC(=O)OC(C)(C)C)C(=O)N[C@@H](CC=C)CC(=O)OC)cc1. The van der Waals surface area contributed by atoms with Gasteiger partial charge in [0, 0.05) is 25.9 Å². The number of hydrogen-bond acceptors (Lipinski definition) is 11. The molecule has 0 aliphatic rings. The maximum absolute atomic E-state index is 13.6. The van der Waals surface area contributed by atoms with Crippen molar-refractivity contribution >= 4 is 41.8 Å². The van der Waals surface area contributed by atoms with E-state index in [1.54, 1.807) is 71.9 Å². The average molecular weight is 757 g/mol. The van der Waals surface area contributed by atoms with E-state index in [2.05, 4.69) is 44.7 Å². The minimum Gasteiger partial charge on any atom is -0.490 e. The van der Waals surface area contributed by atoms with Gasteiger partial charge in [0.05, 0.1) is 13.5 Å². The molecule has 1 rings (SSSR count). The second-order valence-corrected chi connectivity index (χ2v) is 13.9. The van der Waals surface area contributed by atoms with Gasteiger partial charge in [0.1, 0.15) is 35.3 Å². The van der Waals surface area contributed by atoms with Crippen LogP contribution in [0.3, 0.4) is 0 Å². The molecular formula is C38H56N6O10. The minimum absolute atomic E-state index is 0.0444. The van der Waals surface area contributed by atoms with Gasteiger partial charge in [0.2, 0.25) is 17.8 Å². The largest absolute Gasteiger partial charge is 0.490 e. The number of nitrogens with zero attached hydrogens (tertiary/aromatic N) is 1. The molecular weight excluding hydrogens is 700 g/mol. The Balaban J connectivity index is 3.31. The van der Waals surface area contributed by atoms with Crippen LogP contribution < -0.4 is 31.3 Å². The lowest BCUT2D eigenvalue weighted by molar-refractivity contribution is -0.141. The normalized spacial score (nSPS) is 12.4. The van der Waals surface area contributed by atoms with Gasteiger partial charge in [-0.2, -0.15) is 0 Å². The predicted molar refractivity (Wildman–Crippen MR) is 203 cm³/mol. The summed E-state index contributed by atoms with van der Waals surface area (Å²) in [5.74, 6) is -2.02. The van der Waals surface area contributed by atoms with E-state index >= 15 is 0 Å². The van der Waals surface area contributed by atoms with Crippen molar-refractivity contribution in [3.63, 3.8) is 0 Å². The summed E-state index contributed by atoms with van der Waals surface area (Å²) in [5, 5.41) is 12.8. The Morgan fingerprint density at radius 3 is 1.94 bits per heavy atom. The molecule has 16 nitrogen and oxygen atoms in total. The Morgan fingerprint density at radius 2 is 1.44 bits per heavy atom. The number of rotatable bonds is 18. The first kappa shape index (κ1) is 46.4. The van der Waals surface area contributed by atoms with Gasteiger partial charge in [-0.15, -0.1) is 6.58 Å². The summed E-state index contributed by atoms with van der Waals surface area (Å²) in [6.07, 6.45) is 3.52. The van der Waals surface area contributed by atoms with Crippen molar-refractivity contribution in [3.8, 4) is 5.75 Å². The van der Waals surface area contributed by atoms with E-state index in [-0.39, 0.29) is 50.3 Å². The first-order valence-electron chi connectivity index (χ1n) is 17.4. The molecule has 16 heteroatoms. The maximum Gasteiger partial charge on any atom is 0.414 e. The van der Waals surface area contributed by atoms with Gasteiger partial charge in [-0.05, 0) is 78.5 Å². The molecule has 54 heavy (non-hydrogen) atoms. The quantitative estimate of drug-likeness (QED) is 0.0275. The third kappa shape index (κ3) is 21.0. The van der Waals surface area contributed by atoms with Gasteiger partial charge in [-0.1, -0.05) is 36.9 Å². The summed E-state index contributed by atoms with van der Waals surface area (Å²) in [4.78, 5) is 80.4. The number of methoxy groups -OCH3 is 1. The van der Waals surface area contributed by atoms with Crippen LogP contribution in [0, 0.1) is 0 Å². The molecule has 0 aromatic heterocycles. The summed E-state index contributed by atoms with van der Waals surface area (Å²) in [6, 6.07) is 5.19. The number of ether oxygens (including phenoxy) is 4. The fourth-order valence-electron chi connectivity index (χ4n) is 4.37. The van der Waals surface area contributed by atoms with Gasteiger partial charge < -0.3 is 34.9 Å². The van der Waals surface area contributed by atoms with Crippen molar-refractivity contribution in [2.75, 3.05) is 20.3 Å².